The lowest BCUT2D eigenvalue weighted by molar-refractivity contribution is 0.0214. The van der Waals surface area contributed by atoms with Gasteiger partial charge < -0.3 is 14.7 Å². The first kappa shape index (κ1) is 17.0. The highest BCUT2D eigenvalue weighted by Crippen LogP contribution is 2.26. The first-order chi connectivity index (χ1) is 11.7. The molecular formula is C17H20ClN3O3. The highest BCUT2D eigenvalue weighted by atomic mass is 35.5. The third kappa shape index (κ3) is 3.61. The van der Waals surface area contributed by atoms with Gasteiger partial charge >= 0.3 is 0 Å². The second-order valence-electron chi connectivity index (χ2n) is 5.70. The van der Waals surface area contributed by atoms with Crippen molar-refractivity contribution in [1.29, 1.82) is 0 Å². The Labute approximate surface area is 145 Å². The van der Waals surface area contributed by atoms with Crippen LogP contribution in [0.15, 0.2) is 41.3 Å². The zero-order valence-electron chi connectivity index (χ0n) is 13.3. The largest absolute Gasteiger partial charge is 0.394 e. The predicted molar refractivity (Wildman–Crippen MR) is 93.1 cm³/mol. The second-order valence-corrected chi connectivity index (χ2v) is 6.08. The summed E-state index contributed by atoms with van der Waals surface area (Å²) in [4.78, 5) is 14.6. The quantitative estimate of drug-likeness (QED) is 0.892. The summed E-state index contributed by atoms with van der Waals surface area (Å²) >= 11 is 6.34. The van der Waals surface area contributed by atoms with Crippen LogP contribution >= 0.6 is 11.6 Å². The molecule has 0 spiro atoms. The molecule has 1 unspecified atom stereocenters. The van der Waals surface area contributed by atoms with Gasteiger partial charge in [-0.3, -0.25) is 4.79 Å². The summed E-state index contributed by atoms with van der Waals surface area (Å²) in [6.07, 6.45) is 3.53. The van der Waals surface area contributed by atoms with Crippen LogP contribution in [0.1, 0.15) is 12.8 Å². The van der Waals surface area contributed by atoms with E-state index in [0.717, 1.165) is 19.4 Å². The zero-order chi connectivity index (χ0) is 16.9. The molecule has 0 bridgehead atoms. The molecule has 24 heavy (non-hydrogen) atoms. The lowest BCUT2D eigenvalue weighted by atomic mass is 10.1. The molecule has 7 heteroatoms. The average molecular weight is 350 g/mol. The third-order valence-corrected chi connectivity index (χ3v) is 4.42. The molecule has 1 aromatic carbocycles. The minimum atomic E-state index is -0.334. The number of aromatic nitrogens is 2. The molecule has 1 saturated heterocycles. The van der Waals surface area contributed by atoms with Crippen molar-refractivity contribution in [3.63, 3.8) is 0 Å². The highest BCUT2D eigenvalue weighted by Gasteiger charge is 2.24. The lowest BCUT2D eigenvalue weighted by Crippen LogP contribution is -2.41. The fraction of sp³-hybridized carbons (Fsp3) is 0.412. The maximum atomic E-state index is 12.6. The number of halogens is 1. The van der Waals surface area contributed by atoms with Crippen LogP contribution in [0, 0.1) is 0 Å². The van der Waals surface area contributed by atoms with Crippen molar-refractivity contribution >= 4 is 17.3 Å². The number of ether oxygens (including phenoxy) is 1. The van der Waals surface area contributed by atoms with Gasteiger partial charge in [-0.05, 0) is 25.0 Å². The molecule has 1 N–H and O–H groups in total. The van der Waals surface area contributed by atoms with Gasteiger partial charge in [0.05, 0.1) is 36.9 Å². The molecule has 2 heterocycles. The minimum Gasteiger partial charge on any atom is -0.394 e. The van der Waals surface area contributed by atoms with E-state index in [4.69, 9.17) is 21.4 Å². The van der Waals surface area contributed by atoms with Gasteiger partial charge in [-0.1, -0.05) is 29.8 Å². The Bertz CT molecular complexity index is 736. The van der Waals surface area contributed by atoms with Gasteiger partial charge in [0.1, 0.15) is 5.02 Å². The third-order valence-electron chi connectivity index (χ3n) is 4.06. The SMILES string of the molecule is O=c1c(Cl)c(N2CCCC(OCCO)C2)cnn1-c1ccccc1. The van der Waals surface area contributed by atoms with Crippen molar-refractivity contribution in [3.8, 4) is 5.69 Å². The number of hydrogen-bond donors (Lipinski definition) is 1. The number of hydrogen-bond acceptors (Lipinski definition) is 5. The smallest absolute Gasteiger partial charge is 0.292 e. The van der Waals surface area contributed by atoms with Crippen molar-refractivity contribution < 1.29 is 9.84 Å². The fourth-order valence-electron chi connectivity index (χ4n) is 2.91. The van der Waals surface area contributed by atoms with Crippen LogP contribution in [-0.2, 0) is 4.74 Å². The number of nitrogens with zero attached hydrogens (tertiary/aromatic N) is 3. The van der Waals surface area contributed by atoms with Gasteiger partial charge in [0.2, 0.25) is 0 Å². The summed E-state index contributed by atoms with van der Waals surface area (Å²) in [5.41, 5.74) is 0.976. The van der Waals surface area contributed by atoms with E-state index in [1.165, 1.54) is 4.68 Å². The van der Waals surface area contributed by atoms with E-state index >= 15 is 0 Å². The van der Waals surface area contributed by atoms with E-state index in [9.17, 15) is 4.79 Å². The fourth-order valence-corrected chi connectivity index (χ4v) is 3.16. The first-order valence-corrected chi connectivity index (χ1v) is 8.39. The molecule has 3 rings (SSSR count). The van der Waals surface area contributed by atoms with Gasteiger partial charge in [-0.15, -0.1) is 0 Å². The molecule has 0 aliphatic carbocycles. The molecule has 0 radical (unpaired) electrons. The number of anilines is 1. The minimum absolute atomic E-state index is 0.00589. The highest BCUT2D eigenvalue weighted by molar-refractivity contribution is 6.33. The Balaban J connectivity index is 1.84. The van der Waals surface area contributed by atoms with Gasteiger partial charge in [0, 0.05) is 13.1 Å². The zero-order valence-corrected chi connectivity index (χ0v) is 14.0. The van der Waals surface area contributed by atoms with Crippen molar-refractivity contribution in [2.45, 2.75) is 18.9 Å². The average Bonchev–Trinajstić information content (AvgIpc) is 2.63. The van der Waals surface area contributed by atoms with Gasteiger partial charge in [0.15, 0.2) is 0 Å². The summed E-state index contributed by atoms with van der Waals surface area (Å²) in [5.74, 6) is 0. The molecule has 1 aliphatic rings. The van der Waals surface area contributed by atoms with Gasteiger partial charge in [0.25, 0.3) is 5.56 Å². The van der Waals surface area contributed by atoms with Crippen molar-refractivity contribution in [3.05, 3.63) is 51.9 Å². The normalized spacial score (nSPS) is 17.9. The maximum Gasteiger partial charge on any atom is 0.292 e. The molecule has 1 atom stereocenters. The summed E-state index contributed by atoms with van der Waals surface area (Å²) in [7, 11) is 0. The van der Waals surface area contributed by atoms with E-state index in [0.29, 0.717) is 24.5 Å². The lowest BCUT2D eigenvalue weighted by Gasteiger charge is -2.34. The van der Waals surface area contributed by atoms with E-state index in [1.807, 2.05) is 35.2 Å². The topological polar surface area (TPSA) is 67.6 Å². The number of rotatable bonds is 5. The molecule has 0 amide bonds. The van der Waals surface area contributed by atoms with Crippen LogP contribution in [-0.4, -0.2) is 47.3 Å². The van der Waals surface area contributed by atoms with Crippen LogP contribution in [0.4, 0.5) is 5.69 Å². The van der Waals surface area contributed by atoms with Crippen LogP contribution in [0.3, 0.4) is 0 Å². The summed E-state index contributed by atoms with van der Waals surface area (Å²) in [5, 5.41) is 13.3. The van der Waals surface area contributed by atoms with Crippen LogP contribution in [0.2, 0.25) is 5.02 Å². The molecule has 6 nitrogen and oxygen atoms in total. The number of piperidine rings is 1. The Kier molecular flexibility index (Phi) is 5.50. The van der Waals surface area contributed by atoms with E-state index in [2.05, 4.69) is 5.10 Å². The molecule has 1 aromatic heterocycles. The predicted octanol–water partition coefficient (Wildman–Crippen LogP) is 1.86. The standard InChI is InChI=1S/C17H20ClN3O3/c18-16-15(20-8-4-7-14(12-20)24-10-9-22)11-19-21(17(16)23)13-5-2-1-3-6-13/h1-3,5-6,11,14,22H,4,7-10,12H2. The summed E-state index contributed by atoms with van der Waals surface area (Å²) in [6.45, 7) is 1.76. The number of benzene rings is 1. The molecule has 128 valence electrons. The van der Waals surface area contributed by atoms with E-state index < -0.39 is 0 Å². The molecular weight excluding hydrogens is 330 g/mol. The summed E-state index contributed by atoms with van der Waals surface area (Å²) in [6, 6.07) is 9.19. The number of para-hydroxylation sites is 1. The molecule has 2 aromatic rings. The number of aliphatic hydroxyl groups excluding tert-OH is 1. The Morgan fingerprint density at radius 1 is 1.33 bits per heavy atom. The second kappa shape index (κ2) is 7.79. The van der Waals surface area contributed by atoms with Crippen LogP contribution < -0.4 is 10.5 Å². The molecule has 1 aliphatic heterocycles. The van der Waals surface area contributed by atoms with Crippen molar-refractivity contribution in [1.82, 2.24) is 9.78 Å². The maximum absolute atomic E-state index is 12.6. The Morgan fingerprint density at radius 3 is 2.88 bits per heavy atom. The van der Waals surface area contributed by atoms with Gasteiger partial charge in [-0.25, -0.2) is 0 Å². The molecule has 1 fully saturated rings. The van der Waals surface area contributed by atoms with Crippen molar-refractivity contribution in [2.75, 3.05) is 31.2 Å². The van der Waals surface area contributed by atoms with E-state index in [1.54, 1.807) is 6.20 Å². The Morgan fingerprint density at radius 2 is 2.12 bits per heavy atom. The van der Waals surface area contributed by atoms with Crippen molar-refractivity contribution in [2.24, 2.45) is 0 Å². The monoisotopic (exact) mass is 349 g/mol. The summed E-state index contributed by atoms with van der Waals surface area (Å²) < 4.78 is 6.91. The molecule has 0 saturated carbocycles. The van der Waals surface area contributed by atoms with Crippen LogP contribution in [0.5, 0.6) is 0 Å². The van der Waals surface area contributed by atoms with E-state index in [-0.39, 0.29) is 23.3 Å². The van der Waals surface area contributed by atoms with Crippen LogP contribution in [0.25, 0.3) is 5.69 Å². The Hall–Kier alpha value is -1.89. The van der Waals surface area contributed by atoms with Gasteiger partial charge in [-0.2, -0.15) is 9.78 Å². The number of aliphatic hydroxyl groups is 1. The first-order valence-electron chi connectivity index (χ1n) is 8.01.